The van der Waals surface area contributed by atoms with Crippen molar-refractivity contribution < 1.29 is 37.5 Å². The molecule has 8 nitrogen and oxygen atoms in total. The van der Waals surface area contributed by atoms with Crippen LogP contribution < -0.4 is 14.8 Å². The summed E-state index contributed by atoms with van der Waals surface area (Å²) in [5.74, 6) is -2.54. The topological polar surface area (TPSA) is 94.2 Å². The van der Waals surface area contributed by atoms with E-state index < -0.39 is 35.0 Å². The van der Waals surface area contributed by atoms with Gasteiger partial charge < -0.3 is 19.5 Å². The molecule has 2 amide bonds. The average molecular weight is 605 g/mol. The van der Waals surface area contributed by atoms with Gasteiger partial charge in [-0.2, -0.15) is 5.12 Å². The summed E-state index contributed by atoms with van der Waals surface area (Å²) in [6.07, 6.45) is 9.34. The van der Waals surface area contributed by atoms with E-state index in [1.165, 1.54) is 20.3 Å². The van der Waals surface area contributed by atoms with Crippen molar-refractivity contribution in [3.63, 3.8) is 0 Å². The van der Waals surface area contributed by atoms with Gasteiger partial charge in [-0.1, -0.05) is 30.7 Å². The van der Waals surface area contributed by atoms with Crippen LogP contribution in [0.2, 0.25) is 0 Å². The number of hydrogen-bond donors (Lipinski definition) is 1. The minimum absolute atomic E-state index is 0.0243. The molecular formula is C33H46F2N2O6. The third-order valence-electron chi connectivity index (χ3n) is 10.8. The highest BCUT2D eigenvalue weighted by molar-refractivity contribution is 5.98. The van der Waals surface area contributed by atoms with Crippen LogP contribution in [0.25, 0.3) is 0 Å². The molecule has 0 saturated heterocycles. The normalized spacial score (nSPS) is 31.3. The van der Waals surface area contributed by atoms with E-state index in [0.717, 1.165) is 57.4 Å². The monoisotopic (exact) mass is 604 g/mol. The molecule has 0 radical (unpaired) electrons. The number of amides is 2. The Morgan fingerprint density at radius 3 is 2.28 bits per heavy atom. The van der Waals surface area contributed by atoms with E-state index in [4.69, 9.17) is 14.2 Å². The molecule has 0 spiro atoms. The van der Waals surface area contributed by atoms with Crippen LogP contribution in [-0.2, 0) is 14.3 Å². The van der Waals surface area contributed by atoms with Gasteiger partial charge in [-0.15, -0.1) is 0 Å². The van der Waals surface area contributed by atoms with Crippen LogP contribution in [0.5, 0.6) is 11.5 Å². The zero-order chi connectivity index (χ0) is 30.9. The molecule has 0 heterocycles. The molecule has 0 unspecified atom stereocenters. The highest BCUT2D eigenvalue weighted by Gasteiger charge is 2.53. The van der Waals surface area contributed by atoms with Crippen LogP contribution >= 0.6 is 0 Å². The first-order chi connectivity index (χ1) is 20.5. The predicted octanol–water partition coefficient (Wildman–Crippen LogP) is 6.16. The smallest absolute Gasteiger partial charge is 0.311 e. The second-order valence-electron chi connectivity index (χ2n) is 13.9. The zero-order valence-corrected chi connectivity index (χ0v) is 25.9. The summed E-state index contributed by atoms with van der Waals surface area (Å²) in [5.41, 5.74) is -0.738. The fraction of sp³-hybridized carbons (Fsp3) is 0.727. The number of carbonyl (C=O) groups is 3. The average Bonchev–Trinajstić information content (AvgIpc) is 3.60. The van der Waals surface area contributed by atoms with Gasteiger partial charge in [0.2, 0.25) is 0 Å². The zero-order valence-electron chi connectivity index (χ0n) is 25.9. The molecule has 43 heavy (non-hydrogen) atoms. The second-order valence-corrected chi connectivity index (χ2v) is 13.9. The lowest BCUT2D eigenvalue weighted by atomic mass is 9.75. The number of rotatable bonds is 9. The largest absolute Gasteiger partial charge is 0.496 e. The van der Waals surface area contributed by atoms with Gasteiger partial charge in [0, 0.05) is 12.1 Å². The first kappa shape index (κ1) is 31.5. The minimum Gasteiger partial charge on any atom is -0.496 e. The van der Waals surface area contributed by atoms with Crippen LogP contribution in [0.4, 0.5) is 8.87 Å². The van der Waals surface area contributed by atoms with Gasteiger partial charge >= 0.3 is 5.97 Å². The maximum atomic E-state index is 15.5. The Bertz CT molecular complexity index is 1210. The number of nitrogens with one attached hydrogen (secondary N) is 1. The Morgan fingerprint density at radius 1 is 0.953 bits per heavy atom. The van der Waals surface area contributed by atoms with E-state index in [0.29, 0.717) is 30.8 Å². The first-order valence-corrected chi connectivity index (χ1v) is 15.9. The Hall–Kier alpha value is -2.91. The molecule has 4 aliphatic rings. The molecule has 4 fully saturated rings. The van der Waals surface area contributed by atoms with Crippen molar-refractivity contribution >= 4 is 17.8 Å². The van der Waals surface area contributed by atoms with E-state index >= 15 is 8.87 Å². The standard InChI is InChI=1S/C33H46F2N2O6/c1-32(12-6-5-7-13-32)19-37(35)30(39)27-20-8-9-21(16-20)28(27)36-29(38)23-17-26(24(34)18-25(23)41-3)43-22-10-14-33(2,15-11-22)31(40)42-4/h17-18,20-22,27-28H,5-16,19H2,1-4H3,(H,36,38)/t20-,21+,22-,27+,28-,33+/m1/s1. The number of methoxy groups -OCH3 is 2. The van der Waals surface area contributed by atoms with Crippen LogP contribution in [-0.4, -0.2) is 55.8 Å². The lowest BCUT2D eigenvalue weighted by Gasteiger charge is -2.37. The van der Waals surface area contributed by atoms with Crippen LogP contribution in [0.3, 0.4) is 0 Å². The first-order valence-electron chi connectivity index (χ1n) is 15.9. The summed E-state index contributed by atoms with van der Waals surface area (Å²) < 4.78 is 46.8. The van der Waals surface area contributed by atoms with E-state index in [9.17, 15) is 14.4 Å². The maximum Gasteiger partial charge on any atom is 0.311 e. The number of fused-ring (bicyclic) bond motifs is 2. The second kappa shape index (κ2) is 12.6. The summed E-state index contributed by atoms with van der Waals surface area (Å²) in [6, 6.07) is 1.96. The number of nitrogens with zero attached hydrogens (tertiary/aromatic N) is 1. The van der Waals surface area contributed by atoms with Crippen molar-refractivity contribution in [2.45, 2.75) is 103 Å². The Morgan fingerprint density at radius 2 is 1.63 bits per heavy atom. The third kappa shape index (κ3) is 6.48. The summed E-state index contributed by atoms with van der Waals surface area (Å²) in [5, 5.41) is 3.43. The number of halogens is 2. The van der Waals surface area contributed by atoms with Crippen molar-refractivity contribution in [3.8, 4) is 11.5 Å². The summed E-state index contributed by atoms with van der Waals surface area (Å²) in [4.78, 5) is 39.3. The number of carbonyl (C=O) groups excluding carboxylic acids is 3. The molecule has 4 atom stereocenters. The Kier molecular flexibility index (Phi) is 9.23. The quantitative estimate of drug-likeness (QED) is 0.268. The lowest BCUT2D eigenvalue weighted by molar-refractivity contribution is -0.158. The number of hydrogen-bond acceptors (Lipinski definition) is 6. The van der Waals surface area contributed by atoms with Crippen molar-refractivity contribution in [1.29, 1.82) is 0 Å². The van der Waals surface area contributed by atoms with Gasteiger partial charge in [-0.05, 0) is 88.0 Å². The van der Waals surface area contributed by atoms with Crippen LogP contribution in [0, 0.1) is 34.4 Å². The fourth-order valence-electron chi connectivity index (χ4n) is 8.17. The van der Waals surface area contributed by atoms with E-state index in [2.05, 4.69) is 12.2 Å². The van der Waals surface area contributed by atoms with Gasteiger partial charge in [0.05, 0.1) is 43.8 Å². The summed E-state index contributed by atoms with van der Waals surface area (Å²) in [6.45, 7) is 3.99. The number of ether oxygens (including phenoxy) is 3. The van der Waals surface area contributed by atoms with Gasteiger partial charge in [0.25, 0.3) is 11.8 Å². The molecule has 238 valence electrons. The SMILES string of the molecule is COc1cc(F)c(O[C@H]2CC[C@@](C)(C(=O)OC)CC2)cc1C(=O)N[C@@H]1[C@H]2CC[C@H](C2)[C@@H]1C(=O)N(F)CC1(C)CCCCC1. The molecule has 0 aliphatic heterocycles. The summed E-state index contributed by atoms with van der Waals surface area (Å²) >= 11 is 0. The lowest BCUT2D eigenvalue weighted by Crippen LogP contribution is -2.50. The Labute approximate surface area is 253 Å². The molecule has 0 aromatic heterocycles. The van der Waals surface area contributed by atoms with Gasteiger partial charge in [0.1, 0.15) is 5.75 Å². The van der Waals surface area contributed by atoms with Crippen molar-refractivity contribution in [2.24, 2.45) is 28.6 Å². The molecule has 10 heteroatoms. The molecule has 1 N–H and O–H groups in total. The highest BCUT2D eigenvalue weighted by Crippen LogP contribution is 2.50. The highest BCUT2D eigenvalue weighted by atomic mass is 19.2. The molecule has 4 saturated carbocycles. The van der Waals surface area contributed by atoms with E-state index in [1.54, 1.807) is 0 Å². The van der Waals surface area contributed by atoms with Crippen molar-refractivity contribution in [3.05, 3.63) is 23.5 Å². The third-order valence-corrected chi connectivity index (χ3v) is 10.8. The number of benzene rings is 1. The Balaban J connectivity index is 1.29. The molecule has 1 aromatic rings. The van der Waals surface area contributed by atoms with Crippen LogP contribution in [0.1, 0.15) is 101 Å². The van der Waals surface area contributed by atoms with Gasteiger partial charge in [0.15, 0.2) is 11.6 Å². The van der Waals surface area contributed by atoms with Crippen molar-refractivity contribution in [1.82, 2.24) is 10.4 Å². The van der Waals surface area contributed by atoms with Gasteiger partial charge in [-0.3, -0.25) is 14.4 Å². The molecular weight excluding hydrogens is 558 g/mol. The fourth-order valence-corrected chi connectivity index (χ4v) is 8.17. The summed E-state index contributed by atoms with van der Waals surface area (Å²) in [7, 11) is 2.73. The molecule has 5 rings (SSSR count). The van der Waals surface area contributed by atoms with E-state index in [1.807, 2.05) is 6.92 Å². The van der Waals surface area contributed by atoms with Crippen molar-refractivity contribution in [2.75, 3.05) is 20.8 Å². The maximum absolute atomic E-state index is 15.5. The molecule has 1 aromatic carbocycles. The van der Waals surface area contributed by atoms with Gasteiger partial charge in [-0.25, -0.2) is 4.39 Å². The van der Waals surface area contributed by atoms with Crippen LogP contribution in [0.15, 0.2) is 12.1 Å². The molecule has 4 aliphatic carbocycles. The number of esters is 1. The van der Waals surface area contributed by atoms with E-state index in [-0.39, 0.29) is 52.9 Å². The predicted molar refractivity (Wildman–Crippen MR) is 156 cm³/mol. The minimum atomic E-state index is -0.660. The molecule has 2 bridgehead atoms.